The van der Waals surface area contributed by atoms with Gasteiger partial charge in [0.15, 0.2) is 0 Å². The van der Waals surface area contributed by atoms with Crippen molar-refractivity contribution in [2.24, 2.45) is 0 Å². The molecule has 0 spiro atoms. The predicted octanol–water partition coefficient (Wildman–Crippen LogP) is 3.67. The van der Waals surface area contributed by atoms with Crippen LogP contribution in [0.5, 0.6) is 0 Å². The molecule has 0 aliphatic heterocycles. The fourth-order valence-electron chi connectivity index (χ4n) is 2.27. The molecule has 0 unspecified atom stereocenters. The Bertz CT molecular complexity index is 528. The first-order valence-corrected chi connectivity index (χ1v) is 7.13. The zero-order valence-electron chi connectivity index (χ0n) is 12.5. The number of aromatic nitrogens is 2. The van der Waals surface area contributed by atoms with E-state index in [0.717, 1.165) is 37.8 Å². The largest absolute Gasteiger partial charge is 0.382 e. The average molecular weight is 273 g/mol. The maximum atomic E-state index is 5.37. The molecule has 0 aliphatic carbocycles. The SMILES string of the molecule is CCOCCCn1ccnc1Nc1cc(C)cc(C)c1. The third-order valence-electron chi connectivity index (χ3n) is 3.09. The quantitative estimate of drug-likeness (QED) is 0.782. The Hall–Kier alpha value is -1.81. The van der Waals surface area contributed by atoms with Crippen molar-refractivity contribution in [2.45, 2.75) is 33.7 Å². The fourth-order valence-corrected chi connectivity index (χ4v) is 2.27. The summed E-state index contributed by atoms with van der Waals surface area (Å²) >= 11 is 0. The summed E-state index contributed by atoms with van der Waals surface area (Å²) in [5.41, 5.74) is 3.59. The highest BCUT2D eigenvalue weighted by Crippen LogP contribution is 2.18. The molecule has 0 radical (unpaired) electrons. The molecule has 0 amide bonds. The van der Waals surface area contributed by atoms with Gasteiger partial charge >= 0.3 is 0 Å². The van der Waals surface area contributed by atoms with Crippen LogP contribution in [-0.2, 0) is 11.3 Å². The molecule has 108 valence electrons. The third-order valence-corrected chi connectivity index (χ3v) is 3.09. The lowest BCUT2D eigenvalue weighted by molar-refractivity contribution is 0.142. The predicted molar refractivity (Wildman–Crippen MR) is 82.5 cm³/mol. The van der Waals surface area contributed by atoms with Crippen molar-refractivity contribution in [3.05, 3.63) is 41.7 Å². The first-order chi connectivity index (χ1) is 9.69. The summed E-state index contributed by atoms with van der Waals surface area (Å²) in [4.78, 5) is 4.38. The summed E-state index contributed by atoms with van der Waals surface area (Å²) in [6, 6.07) is 6.43. The van der Waals surface area contributed by atoms with Gasteiger partial charge in [-0.15, -0.1) is 0 Å². The topological polar surface area (TPSA) is 39.1 Å². The highest BCUT2D eigenvalue weighted by atomic mass is 16.5. The second kappa shape index (κ2) is 7.10. The Morgan fingerprint density at radius 2 is 1.95 bits per heavy atom. The Kier molecular flexibility index (Phi) is 5.18. The van der Waals surface area contributed by atoms with Crippen molar-refractivity contribution in [1.82, 2.24) is 9.55 Å². The van der Waals surface area contributed by atoms with E-state index < -0.39 is 0 Å². The molecule has 0 saturated heterocycles. The fraction of sp³-hybridized carbons (Fsp3) is 0.438. The molecule has 0 atom stereocenters. The van der Waals surface area contributed by atoms with Gasteiger partial charge < -0.3 is 14.6 Å². The van der Waals surface area contributed by atoms with Gasteiger partial charge in [-0.1, -0.05) is 6.07 Å². The number of imidazole rings is 1. The van der Waals surface area contributed by atoms with Crippen molar-refractivity contribution in [3.63, 3.8) is 0 Å². The summed E-state index contributed by atoms with van der Waals surface area (Å²) in [6.45, 7) is 8.70. The number of rotatable bonds is 7. The molecule has 0 bridgehead atoms. The first kappa shape index (κ1) is 14.6. The minimum Gasteiger partial charge on any atom is -0.382 e. The lowest BCUT2D eigenvalue weighted by Crippen LogP contribution is -2.06. The molecule has 0 saturated carbocycles. The Morgan fingerprint density at radius 1 is 1.20 bits per heavy atom. The van der Waals surface area contributed by atoms with E-state index in [4.69, 9.17) is 4.74 Å². The van der Waals surface area contributed by atoms with Crippen LogP contribution in [0, 0.1) is 13.8 Å². The van der Waals surface area contributed by atoms with E-state index in [2.05, 4.69) is 46.9 Å². The number of nitrogens with one attached hydrogen (secondary N) is 1. The van der Waals surface area contributed by atoms with E-state index in [-0.39, 0.29) is 0 Å². The molecular formula is C16H23N3O. The summed E-state index contributed by atoms with van der Waals surface area (Å²) in [7, 11) is 0. The lowest BCUT2D eigenvalue weighted by atomic mass is 10.1. The molecule has 20 heavy (non-hydrogen) atoms. The molecule has 4 nitrogen and oxygen atoms in total. The van der Waals surface area contributed by atoms with Gasteiger partial charge in [0.05, 0.1) is 0 Å². The molecule has 1 heterocycles. The first-order valence-electron chi connectivity index (χ1n) is 7.13. The van der Waals surface area contributed by atoms with Gasteiger partial charge in [-0.2, -0.15) is 0 Å². The van der Waals surface area contributed by atoms with E-state index in [1.165, 1.54) is 11.1 Å². The molecule has 2 aromatic rings. The molecule has 1 aromatic heterocycles. The third kappa shape index (κ3) is 4.10. The van der Waals surface area contributed by atoms with Crippen LogP contribution in [0.3, 0.4) is 0 Å². The van der Waals surface area contributed by atoms with Crippen LogP contribution < -0.4 is 5.32 Å². The zero-order chi connectivity index (χ0) is 14.4. The summed E-state index contributed by atoms with van der Waals surface area (Å²) in [5.74, 6) is 0.881. The van der Waals surface area contributed by atoms with Gasteiger partial charge in [-0.25, -0.2) is 4.98 Å². The van der Waals surface area contributed by atoms with Crippen LogP contribution in [0.2, 0.25) is 0 Å². The minimum atomic E-state index is 0.775. The second-order valence-corrected chi connectivity index (χ2v) is 5.00. The number of nitrogens with zero attached hydrogens (tertiary/aromatic N) is 2. The van der Waals surface area contributed by atoms with E-state index in [0.29, 0.717) is 0 Å². The van der Waals surface area contributed by atoms with Gasteiger partial charge in [-0.3, -0.25) is 0 Å². The number of benzene rings is 1. The molecule has 1 N–H and O–H groups in total. The zero-order valence-corrected chi connectivity index (χ0v) is 12.5. The van der Waals surface area contributed by atoms with Crippen molar-refractivity contribution in [2.75, 3.05) is 18.5 Å². The van der Waals surface area contributed by atoms with E-state index in [1.54, 1.807) is 0 Å². The molecular weight excluding hydrogens is 250 g/mol. The van der Waals surface area contributed by atoms with Crippen LogP contribution in [0.4, 0.5) is 11.6 Å². The maximum absolute atomic E-state index is 5.37. The Labute approximate surface area is 120 Å². The smallest absolute Gasteiger partial charge is 0.207 e. The average Bonchev–Trinajstić information content (AvgIpc) is 2.81. The molecule has 1 aromatic carbocycles. The summed E-state index contributed by atoms with van der Waals surface area (Å²) in [5, 5.41) is 3.39. The second-order valence-electron chi connectivity index (χ2n) is 5.00. The number of ether oxygens (including phenoxy) is 1. The maximum Gasteiger partial charge on any atom is 0.207 e. The molecule has 0 fully saturated rings. The highest BCUT2D eigenvalue weighted by Gasteiger charge is 2.04. The molecule has 4 heteroatoms. The van der Waals surface area contributed by atoms with Crippen molar-refractivity contribution in [1.29, 1.82) is 0 Å². The van der Waals surface area contributed by atoms with Gasteiger partial charge in [0.1, 0.15) is 0 Å². The van der Waals surface area contributed by atoms with Crippen molar-refractivity contribution >= 4 is 11.6 Å². The number of hydrogen-bond acceptors (Lipinski definition) is 3. The van der Waals surface area contributed by atoms with Gasteiger partial charge in [0.25, 0.3) is 0 Å². The standard InChI is InChI=1S/C16H23N3O/c1-4-20-9-5-7-19-8-6-17-16(19)18-15-11-13(2)10-14(3)12-15/h6,8,10-12H,4-5,7,9H2,1-3H3,(H,17,18). The summed E-state index contributed by atoms with van der Waals surface area (Å²) < 4.78 is 7.49. The normalized spacial score (nSPS) is 10.8. The monoisotopic (exact) mass is 273 g/mol. The van der Waals surface area contributed by atoms with Crippen LogP contribution in [0.25, 0.3) is 0 Å². The van der Waals surface area contributed by atoms with Gasteiger partial charge in [0, 0.05) is 37.8 Å². The highest BCUT2D eigenvalue weighted by molar-refractivity contribution is 5.56. The van der Waals surface area contributed by atoms with Crippen molar-refractivity contribution < 1.29 is 4.74 Å². The van der Waals surface area contributed by atoms with Gasteiger partial charge in [-0.05, 0) is 50.5 Å². The van der Waals surface area contributed by atoms with Crippen molar-refractivity contribution in [3.8, 4) is 0 Å². The van der Waals surface area contributed by atoms with Crippen LogP contribution in [0.15, 0.2) is 30.6 Å². The van der Waals surface area contributed by atoms with Crippen LogP contribution in [0.1, 0.15) is 24.5 Å². The van der Waals surface area contributed by atoms with Crippen LogP contribution in [-0.4, -0.2) is 22.8 Å². The molecule has 2 rings (SSSR count). The number of hydrogen-bond donors (Lipinski definition) is 1. The summed E-state index contributed by atoms with van der Waals surface area (Å²) in [6.07, 6.45) is 4.81. The van der Waals surface area contributed by atoms with Gasteiger partial charge in [0.2, 0.25) is 5.95 Å². The minimum absolute atomic E-state index is 0.775. The molecule has 0 aliphatic rings. The van der Waals surface area contributed by atoms with Crippen LogP contribution >= 0.6 is 0 Å². The lowest BCUT2D eigenvalue weighted by Gasteiger charge is -2.11. The number of anilines is 2. The van der Waals surface area contributed by atoms with E-state index >= 15 is 0 Å². The Balaban J connectivity index is 2.00. The van der Waals surface area contributed by atoms with E-state index in [1.807, 2.05) is 19.3 Å². The van der Waals surface area contributed by atoms with E-state index in [9.17, 15) is 0 Å². The Morgan fingerprint density at radius 3 is 2.65 bits per heavy atom. The number of aryl methyl sites for hydroxylation is 3.